The van der Waals surface area contributed by atoms with Gasteiger partial charge in [0.2, 0.25) is 6.34 Å². The van der Waals surface area contributed by atoms with E-state index in [0.717, 1.165) is 6.54 Å². The van der Waals surface area contributed by atoms with Gasteiger partial charge in [0.25, 0.3) is 0 Å². The third-order valence-electron chi connectivity index (χ3n) is 2.23. The quantitative estimate of drug-likeness (QED) is 0.350. The Kier molecular flexibility index (Phi) is 3.68. The normalized spacial score (nSPS) is 20.0. The van der Waals surface area contributed by atoms with E-state index in [1.165, 1.54) is 0 Å². The van der Waals surface area contributed by atoms with E-state index in [9.17, 15) is 4.79 Å². The average Bonchev–Trinajstić information content (AvgIpc) is 2.08. The largest absolute Gasteiger partial charge is 1.00 e. The Morgan fingerprint density at radius 3 is 2.25 bits per heavy atom. The van der Waals surface area contributed by atoms with Crippen LogP contribution in [-0.2, 0) is 4.79 Å². The molecule has 0 unspecified atom stereocenters. The van der Waals surface area contributed by atoms with Crippen LogP contribution in [0.15, 0.2) is 0 Å². The van der Waals surface area contributed by atoms with Crippen LogP contribution in [0.2, 0.25) is 0 Å². The first-order chi connectivity index (χ1) is 4.93. The van der Waals surface area contributed by atoms with Gasteiger partial charge in [0.15, 0.2) is 0 Å². The number of carbonyl (C=O) groups excluding carboxylic acids is 1. The van der Waals surface area contributed by atoms with Crippen molar-refractivity contribution >= 4 is 12.2 Å². The van der Waals surface area contributed by atoms with E-state index in [0.29, 0.717) is 0 Å². The highest BCUT2D eigenvalue weighted by atomic mass is 127. The summed E-state index contributed by atoms with van der Waals surface area (Å²) in [5, 5.41) is 0. The van der Waals surface area contributed by atoms with Gasteiger partial charge in [0, 0.05) is 6.92 Å². The maximum Gasteiger partial charge on any atom is 0.306 e. The maximum atomic E-state index is 10.9. The highest BCUT2D eigenvalue weighted by molar-refractivity contribution is 5.85. The molecule has 0 radical (unpaired) electrons. The van der Waals surface area contributed by atoms with Crippen molar-refractivity contribution in [3.8, 4) is 0 Å². The van der Waals surface area contributed by atoms with Gasteiger partial charge >= 0.3 is 5.91 Å². The molecule has 1 amide bonds. The van der Waals surface area contributed by atoms with Crippen molar-refractivity contribution in [2.75, 3.05) is 13.6 Å². The van der Waals surface area contributed by atoms with Crippen LogP contribution in [0.3, 0.4) is 0 Å². The molecule has 0 aromatic rings. The summed E-state index contributed by atoms with van der Waals surface area (Å²) in [6.07, 6.45) is 1.86. The van der Waals surface area contributed by atoms with Crippen LogP contribution in [0.4, 0.5) is 0 Å². The lowest BCUT2D eigenvalue weighted by Crippen LogP contribution is -3.00. The van der Waals surface area contributed by atoms with Crippen molar-refractivity contribution in [3.63, 3.8) is 0 Å². The highest BCUT2D eigenvalue weighted by Crippen LogP contribution is 2.14. The lowest BCUT2D eigenvalue weighted by molar-refractivity contribution is -0.559. The molecule has 4 heteroatoms. The van der Waals surface area contributed by atoms with Gasteiger partial charge in [-0.1, -0.05) is 0 Å². The van der Waals surface area contributed by atoms with Gasteiger partial charge in [-0.15, -0.1) is 0 Å². The van der Waals surface area contributed by atoms with Gasteiger partial charge in [0.1, 0.15) is 12.1 Å². The summed E-state index contributed by atoms with van der Waals surface area (Å²) in [6, 6.07) is 0. The Balaban J connectivity index is 0.00000121. The van der Waals surface area contributed by atoms with Crippen LogP contribution in [-0.4, -0.2) is 40.9 Å². The van der Waals surface area contributed by atoms with Crippen molar-refractivity contribution in [2.45, 2.75) is 26.3 Å². The van der Waals surface area contributed by atoms with Gasteiger partial charge in [0.05, 0.1) is 7.05 Å². The molecule has 0 aliphatic carbocycles. The number of rotatable bonds is 0. The number of likely N-dealkylation sites (N-methyl/N-ethyl adjacent to an activating group) is 1. The predicted molar refractivity (Wildman–Crippen MR) is 43.7 cm³/mol. The van der Waals surface area contributed by atoms with Crippen molar-refractivity contribution in [3.05, 3.63) is 0 Å². The molecule has 0 saturated heterocycles. The number of carbonyl (C=O) groups is 1. The van der Waals surface area contributed by atoms with Gasteiger partial charge < -0.3 is 24.0 Å². The van der Waals surface area contributed by atoms with Crippen LogP contribution < -0.4 is 24.0 Å². The zero-order valence-corrected chi connectivity index (χ0v) is 10.1. The Morgan fingerprint density at radius 2 is 2.08 bits per heavy atom. The number of hydrogen-bond donors (Lipinski definition) is 0. The van der Waals surface area contributed by atoms with Gasteiger partial charge in [-0.05, 0) is 13.8 Å². The van der Waals surface area contributed by atoms with Gasteiger partial charge in [-0.3, -0.25) is 4.58 Å². The lowest BCUT2D eigenvalue weighted by atomic mass is 10.1. The summed E-state index contributed by atoms with van der Waals surface area (Å²) in [6.45, 7) is 6.61. The molecule has 0 atom stereocenters. The third-order valence-corrected chi connectivity index (χ3v) is 2.23. The van der Waals surface area contributed by atoms with Crippen LogP contribution >= 0.6 is 0 Å². The van der Waals surface area contributed by atoms with E-state index in [2.05, 4.69) is 18.4 Å². The Hall–Kier alpha value is -0.130. The highest BCUT2D eigenvalue weighted by Gasteiger charge is 2.37. The molecule has 0 N–H and O–H groups in total. The average molecular weight is 282 g/mol. The van der Waals surface area contributed by atoms with E-state index in [4.69, 9.17) is 0 Å². The third kappa shape index (κ3) is 2.18. The van der Waals surface area contributed by atoms with Crippen LogP contribution in [0.5, 0.6) is 0 Å². The molecule has 0 spiro atoms. The van der Waals surface area contributed by atoms with E-state index in [-0.39, 0.29) is 35.4 Å². The van der Waals surface area contributed by atoms with Crippen LogP contribution in [0.1, 0.15) is 20.8 Å². The minimum atomic E-state index is 0. The van der Waals surface area contributed by atoms with Crippen LogP contribution in [0, 0.1) is 0 Å². The van der Waals surface area contributed by atoms with Crippen molar-refractivity contribution in [1.82, 2.24) is 4.90 Å². The number of amides is 1. The number of hydrogen-bond acceptors (Lipinski definition) is 1. The molecule has 1 heterocycles. The van der Waals surface area contributed by atoms with Gasteiger partial charge in [-0.25, -0.2) is 4.79 Å². The molecule has 3 nitrogen and oxygen atoms in total. The Morgan fingerprint density at radius 1 is 1.58 bits per heavy atom. The molecule has 1 rings (SSSR count). The summed E-state index contributed by atoms with van der Waals surface area (Å²) in [5.74, 6) is 0.113. The molecule has 0 fully saturated rings. The molecule has 0 aromatic carbocycles. The predicted octanol–water partition coefficient (Wildman–Crippen LogP) is -2.70. The summed E-state index contributed by atoms with van der Waals surface area (Å²) in [5.41, 5.74) is 0.0890. The SMILES string of the molecule is CC(=O)N1C=[N+](C)C(C)(C)C1.[I-]. The first kappa shape index (κ1) is 11.9. The fourth-order valence-corrected chi connectivity index (χ4v) is 1.13. The summed E-state index contributed by atoms with van der Waals surface area (Å²) >= 11 is 0. The van der Waals surface area contributed by atoms with E-state index < -0.39 is 0 Å². The summed E-state index contributed by atoms with van der Waals surface area (Å²) < 4.78 is 2.06. The zero-order chi connectivity index (χ0) is 8.65. The molecule has 0 saturated carbocycles. The fraction of sp³-hybridized carbons (Fsp3) is 0.750. The van der Waals surface area contributed by atoms with Crippen molar-refractivity contribution in [2.24, 2.45) is 0 Å². The standard InChI is InChI=1S/C8H15N2O.HI/c1-7(11)10-5-8(2,3)9(4)6-10;/h6H,5H2,1-4H3;1H/q+1;/p-1. The molecule has 70 valence electrons. The van der Waals surface area contributed by atoms with E-state index in [1.807, 2.05) is 13.4 Å². The van der Waals surface area contributed by atoms with Gasteiger partial charge in [-0.2, -0.15) is 4.90 Å². The monoisotopic (exact) mass is 282 g/mol. The molecule has 1 aliphatic rings. The first-order valence-corrected chi connectivity index (χ1v) is 3.78. The molecular formula is C8H15IN2O. The fourth-order valence-electron chi connectivity index (χ4n) is 1.13. The van der Waals surface area contributed by atoms with E-state index >= 15 is 0 Å². The second kappa shape index (κ2) is 3.72. The number of nitrogens with zero attached hydrogens (tertiary/aromatic N) is 2. The molecule has 12 heavy (non-hydrogen) atoms. The summed E-state index contributed by atoms with van der Waals surface area (Å²) in [4.78, 5) is 12.7. The number of halogens is 1. The smallest absolute Gasteiger partial charge is 0.306 e. The minimum absolute atomic E-state index is 0. The van der Waals surface area contributed by atoms with Crippen molar-refractivity contribution < 1.29 is 33.3 Å². The zero-order valence-electron chi connectivity index (χ0n) is 7.97. The van der Waals surface area contributed by atoms with E-state index in [1.54, 1.807) is 11.8 Å². The van der Waals surface area contributed by atoms with Crippen molar-refractivity contribution in [1.29, 1.82) is 0 Å². The molecular weight excluding hydrogens is 267 g/mol. The lowest BCUT2D eigenvalue weighted by Gasteiger charge is -2.14. The van der Waals surface area contributed by atoms with Crippen LogP contribution in [0.25, 0.3) is 0 Å². The Bertz CT molecular complexity index is 223. The molecule has 0 bridgehead atoms. The minimum Gasteiger partial charge on any atom is -1.00 e. The Labute approximate surface area is 90.5 Å². The first-order valence-electron chi connectivity index (χ1n) is 3.78. The topological polar surface area (TPSA) is 23.3 Å². The second-order valence-corrected chi connectivity index (χ2v) is 3.69. The second-order valence-electron chi connectivity index (χ2n) is 3.69. The summed E-state index contributed by atoms with van der Waals surface area (Å²) in [7, 11) is 1.99. The molecule has 0 aromatic heterocycles. The maximum absolute atomic E-state index is 10.9. The molecule has 1 aliphatic heterocycles.